The number of rotatable bonds is 10. The van der Waals surface area contributed by atoms with E-state index >= 15 is 4.39 Å². The van der Waals surface area contributed by atoms with Crippen LogP contribution >= 0.6 is 7.75 Å². The third-order valence-corrected chi connectivity index (χ3v) is 7.98. The molecule has 1 aliphatic rings. The number of benzene rings is 2. The van der Waals surface area contributed by atoms with E-state index < -0.39 is 56.1 Å². The Labute approximate surface area is 236 Å². The molecule has 41 heavy (non-hydrogen) atoms. The van der Waals surface area contributed by atoms with Gasteiger partial charge >= 0.3 is 19.4 Å². The van der Waals surface area contributed by atoms with Crippen LogP contribution in [-0.2, 0) is 23.4 Å². The average molecular weight is 592 g/mol. The summed E-state index contributed by atoms with van der Waals surface area (Å²) in [5.41, 5.74) is -1.32. The van der Waals surface area contributed by atoms with E-state index in [1.165, 1.54) is 20.0 Å². The molecule has 0 radical (unpaired) electrons. The lowest BCUT2D eigenvalue weighted by Crippen LogP contribution is -2.37. The maximum Gasteiger partial charge on any atom is 0.459 e. The van der Waals surface area contributed by atoms with Crippen LogP contribution in [0.15, 0.2) is 58.3 Å². The van der Waals surface area contributed by atoms with Gasteiger partial charge in [0.15, 0.2) is 0 Å². The summed E-state index contributed by atoms with van der Waals surface area (Å²) in [4.78, 5) is 38.8. The van der Waals surface area contributed by atoms with Crippen molar-refractivity contribution in [2.24, 2.45) is 5.41 Å². The van der Waals surface area contributed by atoms with Crippen molar-refractivity contribution < 1.29 is 32.3 Å². The first-order valence-electron chi connectivity index (χ1n) is 13.2. The number of hydrogen-bond donors (Lipinski definition) is 2. The Kier molecular flexibility index (Phi) is 9.18. The fraction of sp³-hybridized carbons (Fsp3) is 0.464. The van der Waals surface area contributed by atoms with Gasteiger partial charge in [0.1, 0.15) is 30.3 Å². The first-order valence-corrected chi connectivity index (χ1v) is 14.8. The number of halogens is 1. The zero-order valence-electron chi connectivity index (χ0n) is 23.6. The van der Waals surface area contributed by atoms with Crippen molar-refractivity contribution >= 4 is 24.5 Å². The lowest BCUT2D eigenvalue weighted by Gasteiger charge is -2.26. The molecule has 2 N–H and O–H groups in total. The number of aromatic nitrogens is 2. The maximum absolute atomic E-state index is 15.0. The Bertz CT molecular complexity index is 1560. The molecule has 222 valence electrons. The van der Waals surface area contributed by atoms with Crippen molar-refractivity contribution in [3.8, 4) is 5.75 Å². The highest BCUT2D eigenvalue weighted by Crippen LogP contribution is 2.47. The second kappa shape index (κ2) is 12.3. The smallest absolute Gasteiger partial charge is 0.459 e. The van der Waals surface area contributed by atoms with E-state index in [-0.39, 0.29) is 29.8 Å². The molecule has 2 aromatic carbocycles. The van der Waals surface area contributed by atoms with Crippen LogP contribution in [0.1, 0.15) is 45.9 Å². The summed E-state index contributed by atoms with van der Waals surface area (Å²) in [6.07, 6.45) is -2.72. The van der Waals surface area contributed by atoms with Crippen molar-refractivity contribution in [1.82, 2.24) is 14.6 Å². The number of nitrogens with one attached hydrogen (secondary N) is 2. The third-order valence-electron chi connectivity index (χ3n) is 6.35. The molecule has 0 saturated carbocycles. The minimum Gasteiger partial charge on any atom is -0.464 e. The lowest BCUT2D eigenvalue weighted by atomic mass is 9.99. The van der Waals surface area contributed by atoms with Gasteiger partial charge < -0.3 is 14.0 Å². The van der Waals surface area contributed by atoms with E-state index in [1.807, 2.05) is 39.0 Å². The van der Waals surface area contributed by atoms with Crippen LogP contribution in [0, 0.1) is 12.3 Å². The van der Waals surface area contributed by atoms with Crippen LogP contribution in [0.2, 0.25) is 0 Å². The fourth-order valence-electron chi connectivity index (χ4n) is 4.18. The van der Waals surface area contributed by atoms with E-state index in [9.17, 15) is 18.9 Å². The van der Waals surface area contributed by atoms with Gasteiger partial charge in [0.05, 0.1) is 13.2 Å². The molecule has 1 aliphatic heterocycles. The monoisotopic (exact) mass is 591 g/mol. The van der Waals surface area contributed by atoms with Gasteiger partial charge in [-0.3, -0.25) is 23.7 Å². The maximum atomic E-state index is 15.0. The number of aromatic amines is 1. The predicted molar refractivity (Wildman–Crippen MR) is 151 cm³/mol. The molecule has 1 fully saturated rings. The normalized spacial score (nSPS) is 21.4. The summed E-state index contributed by atoms with van der Waals surface area (Å²) in [7, 11) is -4.33. The topological polar surface area (TPSA) is 138 Å². The number of fused-ring (bicyclic) bond motifs is 1. The number of carbonyl (C=O) groups excluding carboxylic acids is 1. The van der Waals surface area contributed by atoms with Crippen LogP contribution in [-0.4, -0.2) is 47.1 Å². The number of esters is 1. The van der Waals surface area contributed by atoms with Crippen LogP contribution in [0.5, 0.6) is 5.75 Å². The van der Waals surface area contributed by atoms with Gasteiger partial charge in [-0.25, -0.2) is 13.8 Å². The van der Waals surface area contributed by atoms with E-state index in [4.69, 9.17) is 18.5 Å². The van der Waals surface area contributed by atoms with Crippen molar-refractivity contribution in [3.63, 3.8) is 0 Å². The van der Waals surface area contributed by atoms with E-state index in [2.05, 4.69) is 10.1 Å². The summed E-state index contributed by atoms with van der Waals surface area (Å²) >= 11 is 0. The Hall–Kier alpha value is -3.31. The highest BCUT2D eigenvalue weighted by Gasteiger charge is 2.40. The molecule has 5 atom stereocenters. The molecule has 1 aromatic heterocycles. The van der Waals surface area contributed by atoms with Gasteiger partial charge in [-0.05, 0) is 30.7 Å². The van der Waals surface area contributed by atoms with Gasteiger partial charge in [-0.15, -0.1) is 0 Å². The summed E-state index contributed by atoms with van der Waals surface area (Å²) in [5.74, 6) is -0.440. The Morgan fingerprint density at radius 1 is 1.22 bits per heavy atom. The standard InChI is InChI=1S/C28H35FN3O8P/c1-17-14-32(27(35)30-25(17)33)24-13-21(29)23(39-24)15-38-41(36,31-18(2)26(34)37-16-28(3,4)5)40-22-12-8-10-19-9-6-7-11-20(19)22/h6-12,14,18,21,23-24H,13,15-16H2,1-5H3,(H,31,36)(H,30,33,35)/t18-,21+,23-,24-,41?/m0/s1. The van der Waals surface area contributed by atoms with Gasteiger partial charge in [0.25, 0.3) is 5.56 Å². The minimum atomic E-state index is -4.33. The molecular formula is C28H35FN3O8P. The Morgan fingerprint density at radius 3 is 2.66 bits per heavy atom. The lowest BCUT2D eigenvalue weighted by molar-refractivity contribution is -0.148. The quantitative estimate of drug-likeness (QED) is 0.260. The molecular weight excluding hydrogens is 556 g/mol. The van der Waals surface area contributed by atoms with E-state index in [0.29, 0.717) is 5.39 Å². The molecule has 0 aliphatic carbocycles. The SMILES string of the molecule is Cc1cn([C@@H]2C[C@@H](F)[C@H](COP(=O)(N[C@@H](C)C(=O)OCC(C)(C)C)Oc3cccc4ccccc34)O2)c(=O)[nH]c1=O. The Balaban J connectivity index is 1.54. The molecule has 0 spiro atoms. The first kappa shape index (κ1) is 30.6. The molecule has 1 unspecified atom stereocenters. The van der Waals surface area contributed by atoms with Crippen LogP contribution in [0.3, 0.4) is 0 Å². The van der Waals surface area contributed by atoms with Crippen LogP contribution < -0.4 is 20.9 Å². The second-order valence-electron chi connectivity index (χ2n) is 11.2. The Morgan fingerprint density at radius 2 is 1.93 bits per heavy atom. The van der Waals surface area contributed by atoms with Crippen molar-refractivity contribution in [3.05, 3.63) is 75.1 Å². The molecule has 4 rings (SSSR count). The number of aryl methyl sites for hydroxylation is 1. The number of alkyl halides is 1. The van der Waals surface area contributed by atoms with E-state index in [0.717, 1.165) is 9.95 Å². The number of ether oxygens (including phenoxy) is 2. The van der Waals surface area contributed by atoms with Crippen LogP contribution in [0.25, 0.3) is 10.8 Å². The van der Waals surface area contributed by atoms with Gasteiger partial charge in [0, 0.05) is 23.6 Å². The zero-order chi connectivity index (χ0) is 29.9. The van der Waals surface area contributed by atoms with Crippen molar-refractivity contribution in [2.45, 2.75) is 65.6 Å². The van der Waals surface area contributed by atoms with Crippen molar-refractivity contribution in [2.75, 3.05) is 13.2 Å². The molecule has 0 bridgehead atoms. The summed E-state index contributed by atoms with van der Waals surface area (Å²) < 4.78 is 52.8. The van der Waals surface area contributed by atoms with Crippen LogP contribution in [0.4, 0.5) is 4.39 Å². The number of nitrogens with zero attached hydrogens (tertiary/aromatic N) is 1. The highest BCUT2D eigenvalue weighted by atomic mass is 31.2. The zero-order valence-corrected chi connectivity index (χ0v) is 24.5. The summed E-state index contributed by atoms with van der Waals surface area (Å²) in [5, 5.41) is 4.08. The van der Waals surface area contributed by atoms with Gasteiger partial charge in [-0.2, -0.15) is 5.09 Å². The molecule has 13 heteroatoms. The van der Waals surface area contributed by atoms with Gasteiger partial charge in [-0.1, -0.05) is 57.2 Å². The van der Waals surface area contributed by atoms with Crippen molar-refractivity contribution in [1.29, 1.82) is 0 Å². The number of H-pyrrole nitrogens is 1. The minimum absolute atomic E-state index is 0.137. The second-order valence-corrected chi connectivity index (χ2v) is 12.9. The fourth-order valence-corrected chi connectivity index (χ4v) is 5.70. The average Bonchev–Trinajstić information content (AvgIpc) is 3.28. The third kappa shape index (κ3) is 7.71. The van der Waals surface area contributed by atoms with Gasteiger partial charge in [0.2, 0.25) is 0 Å². The largest absolute Gasteiger partial charge is 0.464 e. The predicted octanol–water partition coefficient (Wildman–Crippen LogP) is 4.39. The summed E-state index contributed by atoms with van der Waals surface area (Å²) in [6, 6.07) is 11.4. The number of hydrogen-bond acceptors (Lipinski definition) is 8. The molecule has 3 aromatic rings. The molecule has 0 amide bonds. The highest BCUT2D eigenvalue weighted by molar-refractivity contribution is 7.52. The first-order chi connectivity index (χ1) is 19.2. The number of carbonyl (C=O) groups is 1. The van der Waals surface area contributed by atoms with E-state index in [1.54, 1.807) is 24.3 Å². The molecule has 11 nitrogen and oxygen atoms in total. The molecule has 1 saturated heterocycles. The summed E-state index contributed by atoms with van der Waals surface area (Å²) in [6.45, 7) is 8.29. The molecule has 2 heterocycles.